The van der Waals surface area contributed by atoms with Gasteiger partial charge in [0, 0.05) is 55.1 Å². The number of pyridine rings is 1. The van der Waals surface area contributed by atoms with Gasteiger partial charge < -0.3 is 15.4 Å². The number of piperazine rings is 1. The third-order valence-corrected chi connectivity index (χ3v) is 7.01. The summed E-state index contributed by atoms with van der Waals surface area (Å²) < 4.78 is 5.54. The van der Waals surface area contributed by atoms with Crippen molar-refractivity contribution in [1.82, 2.24) is 9.88 Å². The number of benzene rings is 3. The molecule has 0 bridgehead atoms. The SMILES string of the molecule is COc1cccc(C(N)=O)c1-c1cccc(CCN2CCN(c3cccc4nc(C)ccc34)CC2)c1. The predicted molar refractivity (Wildman–Crippen MR) is 146 cm³/mol. The second-order valence-corrected chi connectivity index (χ2v) is 9.32. The molecule has 0 radical (unpaired) electrons. The van der Waals surface area contributed by atoms with Crippen molar-refractivity contribution in [1.29, 1.82) is 0 Å². The molecule has 0 atom stereocenters. The lowest BCUT2D eigenvalue weighted by Gasteiger charge is -2.36. The molecule has 0 aliphatic carbocycles. The van der Waals surface area contributed by atoms with Crippen LogP contribution in [0.15, 0.2) is 72.8 Å². The van der Waals surface area contributed by atoms with Gasteiger partial charge in [-0.1, -0.05) is 36.4 Å². The van der Waals surface area contributed by atoms with Gasteiger partial charge in [-0.15, -0.1) is 0 Å². The lowest BCUT2D eigenvalue weighted by Crippen LogP contribution is -2.47. The average molecular weight is 481 g/mol. The van der Waals surface area contributed by atoms with E-state index < -0.39 is 5.91 Å². The number of ether oxygens (including phenoxy) is 1. The topological polar surface area (TPSA) is 71.7 Å². The van der Waals surface area contributed by atoms with Gasteiger partial charge in [0.15, 0.2) is 0 Å². The summed E-state index contributed by atoms with van der Waals surface area (Å²) in [5.41, 5.74) is 12.4. The van der Waals surface area contributed by atoms with Crippen LogP contribution in [0.25, 0.3) is 22.0 Å². The van der Waals surface area contributed by atoms with E-state index in [1.807, 2.05) is 25.1 Å². The van der Waals surface area contributed by atoms with E-state index in [0.717, 1.165) is 61.5 Å². The number of nitrogens with zero attached hydrogens (tertiary/aromatic N) is 3. The quantitative estimate of drug-likeness (QED) is 0.416. The highest BCUT2D eigenvalue weighted by molar-refractivity contribution is 6.01. The minimum absolute atomic E-state index is 0.454. The van der Waals surface area contributed by atoms with Crippen LogP contribution in [0.1, 0.15) is 21.6 Å². The number of amides is 1. The summed E-state index contributed by atoms with van der Waals surface area (Å²) in [5.74, 6) is 0.197. The van der Waals surface area contributed by atoms with Gasteiger partial charge in [-0.2, -0.15) is 0 Å². The highest BCUT2D eigenvalue weighted by Gasteiger charge is 2.19. The summed E-state index contributed by atoms with van der Waals surface area (Å²) in [4.78, 5) is 21.7. The van der Waals surface area contributed by atoms with Crippen LogP contribution in [0, 0.1) is 6.92 Å². The largest absolute Gasteiger partial charge is 0.496 e. The van der Waals surface area contributed by atoms with E-state index in [4.69, 9.17) is 15.5 Å². The molecule has 1 aliphatic heterocycles. The maximum absolute atomic E-state index is 12.0. The highest BCUT2D eigenvalue weighted by atomic mass is 16.5. The Morgan fingerprint density at radius 1 is 0.972 bits per heavy atom. The summed E-state index contributed by atoms with van der Waals surface area (Å²) in [6.45, 7) is 7.06. The Morgan fingerprint density at radius 3 is 2.53 bits per heavy atom. The van der Waals surface area contributed by atoms with Crippen LogP contribution in [-0.4, -0.2) is 55.6 Å². The molecule has 1 aromatic heterocycles. The lowest BCUT2D eigenvalue weighted by molar-refractivity contribution is 0.100. The Bertz CT molecular complexity index is 1390. The number of fused-ring (bicyclic) bond motifs is 1. The zero-order chi connectivity index (χ0) is 25.1. The smallest absolute Gasteiger partial charge is 0.249 e. The van der Waals surface area contributed by atoms with Gasteiger partial charge in [0.05, 0.1) is 18.2 Å². The fourth-order valence-electron chi connectivity index (χ4n) is 5.10. The van der Waals surface area contributed by atoms with Crippen LogP contribution in [-0.2, 0) is 6.42 Å². The first-order valence-electron chi connectivity index (χ1n) is 12.4. The van der Waals surface area contributed by atoms with E-state index in [-0.39, 0.29) is 0 Å². The van der Waals surface area contributed by atoms with Crippen LogP contribution in [0.2, 0.25) is 0 Å². The monoisotopic (exact) mass is 480 g/mol. The van der Waals surface area contributed by atoms with Gasteiger partial charge in [-0.05, 0) is 60.9 Å². The van der Waals surface area contributed by atoms with E-state index in [2.05, 4.69) is 52.3 Å². The van der Waals surface area contributed by atoms with Crippen molar-refractivity contribution in [2.45, 2.75) is 13.3 Å². The predicted octanol–water partition coefficient (Wildman–Crippen LogP) is 4.68. The normalized spacial score (nSPS) is 14.2. The molecule has 184 valence electrons. The van der Waals surface area contributed by atoms with Gasteiger partial charge >= 0.3 is 0 Å². The van der Waals surface area contributed by atoms with Crippen LogP contribution in [0.4, 0.5) is 5.69 Å². The van der Waals surface area contributed by atoms with E-state index in [9.17, 15) is 4.79 Å². The molecule has 1 aliphatic rings. The van der Waals surface area contributed by atoms with Crippen LogP contribution in [0.3, 0.4) is 0 Å². The summed E-state index contributed by atoms with van der Waals surface area (Å²) in [7, 11) is 1.61. The molecular formula is C30H32N4O2. The minimum atomic E-state index is -0.454. The fourth-order valence-corrected chi connectivity index (χ4v) is 5.10. The van der Waals surface area contributed by atoms with E-state index >= 15 is 0 Å². The summed E-state index contributed by atoms with van der Waals surface area (Å²) >= 11 is 0. The fraction of sp³-hybridized carbons (Fsp3) is 0.267. The molecule has 0 saturated carbocycles. The van der Waals surface area contributed by atoms with Crippen molar-refractivity contribution >= 4 is 22.5 Å². The maximum atomic E-state index is 12.0. The molecular weight excluding hydrogens is 448 g/mol. The minimum Gasteiger partial charge on any atom is -0.496 e. The molecule has 1 amide bonds. The Morgan fingerprint density at radius 2 is 1.75 bits per heavy atom. The van der Waals surface area contributed by atoms with E-state index in [1.54, 1.807) is 19.2 Å². The molecule has 2 N–H and O–H groups in total. The first-order valence-corrected chi connectivity index (χ1v) is 12.4. The summed E-state index contributed by atoms with van der Waals surface area (Å²) in [6, 6.07) is 24.4. The van der Waals surface area contributed by atoms with Crippen molar-refractivity contribution in [3.63, 3.8) is 0 Å². The molecule has 5 rings (SSSR count). The van der Waals surface area contributed by atoms with Gasteiger partial charge in [0.25, 0.3) is 0 Å². The van der Waals surface area contributed by atoms with Crippen LogP contribution in [0.5, 0.6) is 5.75 Å². The van der Waals surface area contributed by atoms with Gasteiger partial charge in [-0.25, -0.2) is 0 Å². The van der Waals surface area contributed by atoms with Crippen molar-refractivity contribution in [2.75, 3.05) is 44.7 Å². The number of rotatable bonds is 7. The molecule has 36 heavy (non-hydrogen) atoms. The number of carbonyl (C=O) groups excluding carboxylic acids is 1. The molecule has 4 aromatic rings. The summed E-state index contributed by atoms with van der Waals surface area (Å²) in [5, 5.41) is 1.22. The molecule has 0 unspecified atom stereocenters. The molecule has 3 aromatic carbocycles. The van der Waals surface area contributed by atoms with Crippen LogP contribution < -0.4 is 15.4 Å². The number of nitrogens with two attached hydrogens (primary N) is 1. The van der Waals surface area contributed by atoms with Crippen molar-refractivity contribution in [2.24, 2.45) is 5.73 Å². The van der Waals surface area contributed by atoms with Gasteiger partial charge in [0.2, 0.25) is 5.91 Å². The molecule has 0 spiro atoms. The molecule has 6 nitrogen and oxygen atoms in total. The third-order valence-electron chi connectivity index (χ3n) is 7.01. The molecule has 2 heterocycles. The molecule has 1 saturated heterocycles. The van der Waals surface area contributed by atoms with Crippen molar-refractivity contribution < 1.29 is 9.53 Å². The summed E-state index contributed by atoms with van der Waals surface area (Å²) in [6.07, 6.45) is 0.937. The Balaban J connectivity index is 1.25. The van der Waals surface area contributed by atoms with E-state index in [0.29, 0.717) is 11.3 Å². The third kappa shape index (κ3) is 4.90. The molecule has 6 heteroatoms. The molecule has 1 fully saturated rings. The second-order valence-electron chi connectivity index (χ2n) is 9.32. The van der Waals surface area contributed by atoms with Crippen molar-refractivity contribution in [3.05, 3.63) is 89.6 Å². The zero-order valence-electron chi connectivity index (χ0n) is 20.9. The van der Waals surface area contributed by atoms with Gasteiger partial charge in [0.1, 0.15) is 5.75 Å². The first-order chi connectivity index (χ1) is 17.5. The number of aryl methyl sites for hydroxylation is 1. The average Bonchev–Trinajstić information content (AvgIpc) is 2.91. The lowest BCUT2D eigenvalue weighted by atomic mass is 9.96. The maximum Gasteiger partial charge on any atom is 0.249 e. The number of hydrogen-bond donors (Lipinski definition) is 1. The number of methoxy groups -OCH3 is 1. The van der Waals surface area contributed by atoms with Gasteiger partial charge in [-0.3, -0.25) is 14.7 Å². The Kier molecular flexibility index (Phi) is 6.87. The zero-order valence-corrected chi connectivity index (χ0v) is 20.9. The number of primary amides is 1. The second kappa shape index (κ2) is 10.4. The van der Waals surface area contributed by atoms with Crippen molar-refractivity contribution in [3.8, 4) is 16.9 Å². The first kappa shape index (κ1) is 23.8. The van der Waals surface area contributed by atoms with E-state index in [1.165, 1.54) is 16.6 Å². The number of carbonyl (C=O) groups is 1. The van der Waals surface area contributed by atoms with Crippen LogP contribution >= 0.6 is 0 Å². The standard InChI is InChI=1S/C30H32N4O2/c1-21-12-13-24-26(32-21)9-5-10-27(24)34-18-16-33(17-19-34)15-14-22-6-3-7-23(20-22)29-25(30(31)35)8-4-11-28(29)36-2/h3-13,20H,14-19H2,1-2H3,(H2,31,35). The number of aromatic nitrogens is 1. The number of anilines is 1. The number of hydrogen-bond acceptors (Lipinski definition) is 5. The Labute approximate surface area is 212 Å². The Hall–Kier alpha value is -3.90. The highest BCUT2D eigenvalue weighted by Crippen LogP contribution is 2.34.